The predicted molar refractivity (Wildman–Crippen MR) is 69.9 cm³/mol. The Bertz CT molecular complexity index is 455. The number of ether oxygens (including phenoxy) is 2. The van der Waals surface area contributed by atoms with Gasteiger partial charge >= 0.3 is 0 Å². The predicted octanol–water partition coefficient (Wildman–Crippen LogP) is 0.814. The molecule has 1 N–H and O–H groups in total. The number of aliphatic hydroxyl groups is 1. The third kappa shape index (κ3) is 3.91. The van der Waals surface area contributed by atoms with Gasteiger partial charge in [-0.05, 0) is 12.1 Å². The van der Waals surface area contributed by atoms with Crippen LogP contribution in [0.4, 0.5) is 4.39 Å². The Morgan fingerprint density at radius 1 is 1.55 bits per heavy atom. The Kier molecular flexibility index (Phi) is 5.31. The first-order chi connectivity index (χ1) is 9.70. The summed E-state index contributed by atoms with van der Waals surface area (Å²) in [5.74, 6) is -0.0652. The van der Waals surface area contributed by atoms with Crippen molar-refractivity contribution in [2.45, 2.75) is 12.5 Å². The highest BCUT2D eigenvalue weighted by atomic mass is 19.1. The van der Waals surface area contributed by atoms with Gasteiger partial charge in [-0.15, -0.1) is 0 Å². The number of hydrogen-bond donors (Lipinski definition) is 1. The second kappa shape index (κ2) is 7.21. The van der Waals surface area contributed by atoms with Gasteiger partial charge in [0.05, 0.1) is 38.9 Å². The SMILES string of the molecule is O=C(CCOc1cccc(F)c1)N1CCOCC1CO. The molecule has 0 aliphatic carbocycles. The first-order valence-electron chi connectivity index (χ1n) is 6.57. The Balaban J connectivity index is 1.79. The molecule has 2 rings (SSSR count). The molecule has 110 valence electrons. The molecule has 0 spiro atoms. The third-order valence-electron chi connectivity index (χ3n) is 3.14. The molecule has 1 heterocycles. The highest BCUT2D eigenvalue weighted by Gasteiger charge is 2.26. The first-order valence-corrected chi connectivity index (χ1v) is 6.57. The van der Waals surface area contributed by atoms with E-state index in [9.17, 15) is 14.3 Å². The maximum Gasteiger partial charge on any atom is 0.226 e. The standard InChI is InChI=1S/C14H18FNO4/c15-11-2-1-3-13(8-11)20-6-4-14(18)16-5-7-19-10-12(16)9-17/h1-3,8,12,17H,4-7,9-10H2. The molecular formula is C14H18FNO4. The minimum atomic E-state index is -0.373. The van der Waals surface area contributed by atoms with E-state index in [4.69, 9.17) is 9.47 Å². The zero-order chi connectivity index (χ0) is 14.4. The van der Waals surface area contributed by atoms with Crippen molar-refractivity contribution in [2.24, 2.45) is 0 Å². The highest BCUT2D eigenvalue weighted by molar-refractivity contribution is 5.76. The number of carbonyl (C=O) groups excluding carboxylic acids is 1. The Morgan fingerprint density at radius 2 is 2.40 bits per heavy atom. The largest absolute Gasteiger partial charge is 0.493 e. The van der Waals surface area contributed by atoms with Crippen molar-refractivity contribution in [3.05, 3.63) is 30.1 Å². The third-order valence-corrected chi connectivity index (χ3v) is 3.14. The molecule has 1 aromatic rings. The lowest BCUT2D eigenvalue weighted by Gasteiger charge is -2.34. The van der Waals surface area contributed by atoms with Crippen molar-refractivity contribution < 1.29 is 23.8 Å². The molecule has 1 fully saturated rings. The maximum atomic E-state index is 12.9. The molecule has 5 nitrogen and oxygen atoms in total. The van der Waals surface area contributed by atoms with Crippen LogP contribution in [0.5, 0.6) is 5.75 Å². The summed E-state index contributed by atoms with van der Waals surface area (Å²) >= 11 is 0. The molecule has 1 atom stereocenters. The van der Waals surface area contributed by atoms with Gasteiger partial charge < -0.3 is 19.5 Å². The Morgan fingerprint density at radius 3 is 3.15 bits per heavy atom. The summed E-state index contributed by atoms with van der Waals surface area (Å²) < 4.78 is 23.5. The first kappa shape index (κ1) is 14.7. The van der Waals surface area contributed by atoms with Gasteiger partial charge in [-0.1, -0.05) is 6.07 Å². The summed E-state index contributed by atoms with van der Waals surface area (Å²) in [4.78, 5) is 13.6. The number of amides is 1. The van der Waals surface area contributed by atoms with Crippen molar-refractivity contribution in [3.63, 3.8) is 0 Å². The lowest BCUT2D eigenvalue weighted by Crippen LogP contribution is -2.50. The van der Waals surface area contributed by atoms with Gasteiger partial charge in [-0.25, -0.2) is 4.39 Å². The average molecular weight is 283 g/mol. The van der Waals surface area contributed by atoms with E-state index >= 15 is 0 Å². The molecule has 1 unspecified atom stereocenters. The van der Waals surface area contributed by atoms with Crippen molar-refractivity contribution >= 4 is 5.91 Å². The summed E-state index contributed by atoms with van der Waals surface area (Å²) in [7, 11) is 0. The van der Waals surface area contributed by atoms with Gasteiger partial charge in [-0.3, -0.25) is 4.79 Å². The molecule has 1 amide bonds. The molecular weight excluding hydrogens is 265 g/mol. The lowest BCUT2D eigenvalue weighted by atomic mass is 10.2. The summed E-state index contributed by atoms with van der Waals surface area (Å²) in [6, 6.07) is 5.51. The van der Waals surface area contributed by atoms with E-state index in [0.717, 1.165) is 0 Å². The van der Waals surface area contributed by atoms with Crippen LogP contribution in [-0.4, -0.2) is 54.9 Å². The quantitative estimate of drug-likeness (QED) is 0.869. The second-order valence-corrected chi connectivity index (χ2v) is 4.55. The smallest absolute Gasteiger partial charge is 0.226 e. The van der Waals surface area contributed by atoms with Crippen LogP contribution in [0.1, 0.15) is 6.42 Å². The van der Waals surface area contributed by atoms with E-state index in [1.807, 2.05) is 0 Å². The molecule has 1 aliphatic heterocycles. The number of rotatable bonds is 5. The van der Waals surface area contributed by atoms with Crippen molar-refractivity contribution in [1.82, 2.24) is 4.90 Å². The van der Waals surface area contributed by atoms with Gasteiger partial charge in [0.15, 0.2) is 0 Å². The number of nitrogens with zero attached hydrogens (tertiary/aromatic N) is 1. The van der Waals surface area contributed by atoms with Crippen LogP contribution in [0.15, 0.2) is 24.3 Å². The molecule has 1 aliphatic rings. The fourth-order valence-electron chi connectivity index (χ4n) is 2.09. The van der Waals surface area contributed by atoms with E-state index in [2.05, 4.69) is 0 Å². The number of aliphatic hydroxyl groups excluding tert-OH is 1. The Hall–Kier alpha value is -1.66. The van der Waals surface area contributed by atoms with E-state index in [-0.39, 0.29) is 37.4 Å². The fourth-order valence-corrected chi connectivity index (χ4v) is 2.09. The molecule has 6 heteroatoms. The molecule has 0 aromatic heterocycles. The molecule has 0 saturated carbocycles. The minimum Gasteiger partial charge on any atom is -0.493 e. The summed E-state index contributed by atoms with van der Waals surface area (Å²) in [5, 5.41) is 9.20. The van der Waals surface area contributed by atoms with Crippen molar-refractivity contribution in [3.8, 4) is 5.75 Å². The lowest BCUT2D eigenvalue weighted by molar-refractivity contribution is -0.142. The minimum absolute atomic E-state index is 0.0937. The normalized spacial score (nSPS) is 18.9. The van der Waals surface area contributed by atoms with E-state index < -0.39 is 0 Å². The number of benzene rings is 1. The zero-order valence-corrected chi connectivity index (χ0v) is 11.1. The zero-order valence-electron chi connectivity index (χ0n) is 11.1. The van der Waals surface area contributed by atoms with Gasteiger partial charge in [-0.2, -0.15) is 0 Å². The average Bonchev–Trinajstić information content (AvgIpc) is 2.47. The molecule has 1 aromatic carbocycles. The van der Waals surface area contributed by atoms with E-state index in [1.165, 1.54) is 12.1 Å². The van der Waals surface area contributed by atoms with Crippen LogP contribution in [0.2, 0.25) is 0 Å². The van der Waals surface area contributed by atoms with Gasteiger partial charge in [0.2, 0.25) is 5.91 Å². The summed E-state index contributed by atoms with van der Waals surface area (Å²) in [5.41, 5.74) is 0. The summed E-state index contributed by atoms with van der Waals surface area (Å²) in [6.45, 7) is 1.37. The van der Waals surface area contributed by atoms with Crippen LogP contribution in [0, 0.1) is 5.82 Å². The van der Waals surface area contributed by atoms with Crippen molar-refractivity contribution in [1.29, 1.82) is 0 Å². The van der Waals surface area contributed by atoms with Crippen LogP contribution in [-0.2, 0) is 9.53 Å². The maximum absolute atomic E-state index is 12.9. The summed E-state index contributed by atoms with van der Waals surface area (Å²) in [6.07, 6.45) is 0.188. The van der Waals surface area contributed by atoms with Gasteiger partial charge in [0.1, 0.15) is 11.6 Å². The molecule has 20 heavy (non-hydrogen) atoms. The van der Waals surface area contributed by atoms with Crippen LogP contribution in [0.25, 0.3) is 0 Å². The highest BCUT2D eigenvalue weighted by Crippen LogP contribution is 2.13. The van der Waals surface area contributed by atoms with Crippen LogP contribution < -0.4 is 4.74 Å². The second-order valence-electron chi connectivity index (χ2n) is 4.55. The van der Waals surface area contributed by atoms with Gasteiger partial charge in [0.25, 0.3) is 0 Å². The monoisotopic (exact) mass is 283 g/mol. The molecule has 0 radical (unpaired) electrons. The van der Waals surface area contributed by atoms with Crippen molar-refractivity contribution in [2.75, 3.05) is 33.0 Å². The Labute approximate surface area is 116 Å². The number of halogens is 1. The van der Waals surface area contributed by atoms with Crippen LogP contribution >= 0.6 is 0 Å². The van der Waals surface area contributed by atoms with Gasteiger partial charge in [0, 0.05) is 12.6 Å². The number of hydrogen-bond acceptors (Lipinski definition) is 4. The number of morpholine rings is 1. The topological polar surface area (TPSA) is 59.0 Å². The molecule has 1 saturated heterocycles. The van der Waals surface area contributed by atoms with Crippen LogP contribution in [0.3, 0.4) is 0 Å². The van der Waals surface area contributed by atoms with E-state index in [1.54, 1.807) is 17.0 Å². The number of carbonyl (C=O) groups is 1. The fraction of sp³-hybridized carbons (Fsp3) is 0.500. The van der Waals surface area contributed by atoms with E-state index in [0.29, 0.717) is 25.5 Å². The molecule has 0 bridgehead atoms.